The van der Waals surface area contributed by atoms with Gasteiger partial charge in [-0.2, -0.15) is 0 Å². The fourth-order valence-corrected chi connectivity index (χ4v) is 0.727. The molecule has 0 aromatic carbocycles. The second-order valence-electron chi connectivity index (χ2n) is 2.37. The van der Waals surface area contributed by atoms with Crippen LogP contribution in [0.1, 0.15) is 6.42 Å². The van der Waals surface area contributed by atoms with Crippen LogP contribution in [0.25, 0.3) is 0 Å². The Kier molecular flexibility index (Phi) is 6.69. The molecule has 0 aliphatic carbocycles. The maximum atomic E-state index is 11.1. The highest BCUT2D eigenvalue weighted by molar-refractivity contribution is 5.81. The van der Waals surface area contributed by atoms with Gasteiger partial charge in [0.15, 0.2) is 6.10 Å². The number of hydrogen-bond acceptors (Lipinski definition) is 6. The maximum absolute atomic E-state index is 11.1. The van der Waals surface area contributed by atoms with E-state index in [1.54, 1.807) is 0 Å². The lowest BCUT2D eigenvalue weighted by Crippen LogP contribution is -2.29. The number of carbonyl (C=O) groups excluding carboxylic acids is 2. The zero-order valence-corrected chi connectivity index (χ0v) is 8.44. The van der Waals surface area contributed by atoms with Crippen molar-refractivity contribution in [3.63, 3.8) is 0 Å². The predicted molar refractivity (Wildman–Crippen MR) is 45.4 cm³/mol. The average molecular weight is 206 g/mol. The van der Waals surface area contributed by atoms with Gasteiger partial charge < -0.3 is 18.9 Å². The highest BCUT2D eigenvalue weighted by atomic mass is 16.7. The van der Waals surface area contributed by atoms with E-state index in [4.69, 9.17) is 4.74 Å². The van der Waals surface area contributed by atoms with Crippen molar-refractivity contribution in [2.24, 2.45) is 0 Å². The molecule has 14 heavy (non-hydrogen) atoms. The number of esters is 2. The molecule has 6 nitrogen and oxygen atoms in total. The van der Waals surface area contributed by atoms with Gasteiger partial charge in [-0.15, -0.1) is 0 Å². The van der Waals surface area contributed by atoms with Gasteiger partial charge in [-0.25, -0.2) is 4.79 Å². The van der Waals surface area contributed by atoms with Crippen LogP contribution in [0.5, 0.6) is 0 Å². The second kappa shape index (κ2) is 7.28. The number of hydrogen-bond donors (Lipinski definition) is 0. The summed E-state index contributed by atoms with van der Waals surface area (Å²) < 4.78 is 18.3. The van der Waals surface area contributed by atoms with Crippen LogP contribution >= 0.6 is 0 Å². The monoisotopic (exact) mass is 206 g/mol. The van der Waals surface area contributed by atoms with E-state index in [0.29, 0.717) is 0 Å². The molecule has 0 N–H and O–H groups in total. The molecule has 0 fully saturated rings. The van der Waals surface area contributed by atoms with Crippen molar-refractivity contribution in [3.8, 4) is 0 Å². The predicted octanol–water partition coefficient (Wildman–Crippen LogP) is -0.288. The van der Waals surface area contributed by atoms with Crippen molar-refractivity contribution in [3.05, 3.63) is 0 Å². The Hall–Kier alpha value is -1.14. The van der Waals surface area contributed by atoms with Crippen LogP contribution in [0.4, 0.5) is 0 Å². The molecule has 0 aromatic heterocycles. The molecule has 0 spiro atoms. The highest BCUT2D eigenvalue weighted by Gasteiger charge is 2.23. The van der Waals surface area contributed by atoms with Crippen molar-refractivity contribution in [1.29, 1.82) is 0 Å². The van der Waals surface area contributed by atoms with E-state index < -0.39 is 18.0 Å². The minimum atomic E-state index is -0.979. The zero-order valence-electron chi connectivity index (χ0n) is 8.44. The minimum absolute atomic E-state index is 0.0865. The third-order valence-corrected chi connectivity index (χ3v) is 1.43. The van der Waals surface area contributed by atoms with Crippen molar-refractivity contribution in [2.45, 2.75) is 12.5 Å². The molecule has 0 rings (SSSR count). The smallest absolute Gasteiger partial charge is 0.335 e. The summed E-state index contributed by atoms with van der Waals surface area (Å²) in [6.07, 6.45) is -1.17. The van der Waals surface area contributed by atoms with Crippen LogP contribution in [-0.2, 0) is 28.5 Å². The average Bonchev–Trinajstić information content (AvgIpc) is 2.22. The first-order valence-electron chi connectivity index (χ1n) is 3.90. The lowest BCUT2D eigenvalue weighted by molar-refractivity contribution is -0.168. The third kappa shape index (κ3) is 4.78. The lowest BCUT2D eigenvalue weighted by Gasteiger charge is -2.13. The third-order valence-electron chi connectivity index (χ3n) is 1.43. The molecule has 0 unspecified atom stereocenters. The molecule has 0 saturated heterocycles. The van der Waals surface area contributed by atoms with Gasteiger partial charge in [-0.3, -0.25) is 4.79 Å². The molecule has 1 atom stereocenters. The summed E-state index contributed by atoms with van der Waals surface area (Å²) in [6.45, 7) is -0.0865. The number of carbonyl (C=O) groups is 2. The first kappa shape index (κ1) is 12.9. The van der Waals surface area contributed by atoms with Crippen LogP contribution in [0, 0.1) is 0 Å². The Balaban J connectivity index is 4.09. The Bertz CT molecular complexity index is 190. The largest absolute Gasteiger partial charge is 0.469 e. The number of rotatable bonds is 6. The Morgan fingerprint density at radius 3 is 2.21 bits per heavy atom. The van der Waals surface area contributed by atoms with E-state index in [9.17, 15) is 9.59 Å². The summed E-state index contributed by atoms with van der Waals surface area (Å²) in [7, 11) is 3.85. The Morgan fingerprint density at radius 1 is 1.14 bits per heavy atom. The summed E-state index contributed by atoms with van der Waals surface area (Å²) in [5.41, 5.74) is 0. The summed E-state index contributed by atoms with van der Waals surface area (Å²) in [5.74, 6) is -1.18. The van der Waals surface area contributed by atoms with Crippen molar-refractivity contribution >= 4 is 11.9 Å². The van der Waals surface area contributed by atoms with Gasteiger partial charge in [0.2, 0.25) is 0 Å². The molecule has 6 heteroatoms. The SMILES string of the molecule is COCO[C@@H](CC(=O)OC)C(=O)OC. The van der Waals surface area contributed by atoms with E-state index in [1.807, 2.05) is 0 Å². The molecule has 0 aliphatic heterocycles. The zero-order chi connectivity index (χ0) is 11.0. The van der Waals surface area contributed by atoms with Gasteiger partial charge in [0, 0.05) is 7.11 Å². The topological polar surface area (TPSA) is 71.1 Å². The van der Waals surface area contributed by atoms with Crippen LogP contribution in [-0.4, -0.2) is 46.2 Å². The van der Waals surface area contributed by atoms with Crippen LogP contribution in [0.2, 0.25) is 0 Å². The molecule has 82 valence electrons. The van der Waals surface area contributed by atoms with Crippen LogP contribution in [0.15, 0.2) is 0 Å². The van der Waals surface area contributed by atoms with Gasteiger partial charge in [0.1, 0.15) is 6.79 Å². The molecule has 0 aromatic rings. The Morgan fingerprint density at radius 2 is 1.79 bits per heavy atom. The molecule has 0 saturated carbocycles. The molecule has 0 bridgehead atoms. The van der Waals surface area contributed by atoms with E-state index in [2.05, 4.69) is 14.2 Å². The number of ether oxygens (including phenoxy) is 4. The summed E-state index contributed by atoms with van der Waals surface area (Å²) >= 11 is 0. The van der Waals surface area contributed by atoms with Gasteiger partial charge in [0.05, 0.1) is 20.6 Å². The molecular weight excluding hydrogens is 192 g/mol. The molecule has 0 amide bonds. The Labute approximate surface area is 82.1 Å². The van der Waals surface area contributed by atoms with Gasteiger partial charge in [0.25, 0.3) is 0 Å². The minimum Gasteiger partial charge on any atom is -0.469 e. The van der Waals surface area contributed by atoms with E-state index in [-0.39, 0.29) is 13.2 Å². The highest BCUT2D eigenvalue weighted by Crippen LogP contribution is 2.02. The van der Waals surface area contributed by atoms with Gasteiger partial charge in [-0.05, 0) is 0 Å². The van der Waals surface area contributed by atoms with Crippen molar-refractivity contribution < 1.29 is 28.5 Å². The summed E-state index contributed by atoms with van der Waals surface area (Å²) in [5, 5.41) is 0. The normalized spacial score (nSPS) is 11.9. The van der Waals surface area contributed by atoms with Gasteiger partial charge >= 0.3 is 11.9 Å². The fraction of sp³-hybridized carbons (Fsp3) is 0.750. The molecule has 0 aliphatic rings. The molecule has 0 radical (unpaired) electrons. The van der Waals surface area contributed by atoms with Gasteiger partial charge in [-0.1, -0.05) is 0 Å². The van der Waals surface area contributed by atoms with E-state index in [0.717, 1.165) is 0 Å². The van der Waals surface area contributed by atoms with E-state index >= 15 is 0 Å². The van der Waals surface area contributed by atoms with Crippen molar-refractivity contribution in [2.75, 3.05) is 28.1 Å². The second-order valence-corrected chi connectivity index (χ2v) is 2.37. The first-order chi connectivity index (χ1) is 6.65. The van der Waals surface area contributed by atoms with Crippen molar-refractivity contribution in [1.82, 2.24) is 0 Å². The fourth-order valence-electron chi connectivity index (χ4n) is 0.727. The standard InChI is InChI=1S/C8H14O6/c1-11-5-14-6(8(10)13-3)4-7(9)12-2/h6H,4-5H2,1-3H3/t6-/m0/s1. The van der Waals surface area contributed by atoms with E-state index in [1.165, 1.54) is 21.3 Å². The van der Waals surface area contributed by atoms with Crippen LogP contribution in [0.3, 0.4) is 0 Å². The maximum Gasteiger partial charge on any atom is 0.335 e. The summed E-state index contributed by atoms with van der Waals surface area (Å²) in [6, 6.07) is 0. The molecular formula is C8H14O6. The summed E-state index contributed by atoms with van der Waals surface area (Å²) in [4.78, 5) is 21.9. The van der Waals surface area contributed by atoms with Crippen LogP contribution < -0.4 is 0 Å². The molecule has 0 heterocycles. The lowest BCUT2D eigenvalue weighted by atomic mass is 10.2. The quantitative estimate of drug-likeness (QED) is 0.439. The first-order valence-corrected chi connectivity index (χ1v) is 3.90. The number of methoxy groups -OCH3 is 3.